The van der Waals surface area contributed by atoms with E-state index in [0.717, 1.165) is 10.7 Å². The molecule has 1 aromatic carbocycles. The van der Waals surface area contributed by atoms with E-state index in [1.807, 2.05) is 4.98 Å². The Balaban J connectivity index is 2.36. The van der Waals surface area contributed by atoms with Crippen molar-refractivity contribution in [3.8, 4) is 11.3 Å². The number of H-pyrrole nitrogens is 1. The minimum Gasteiger partial charge on any atom is -0.447 e. The maximum absolute atomic E-state index is 13.8. The second-order valence-corrected chi connectivity index (χ2v) is 9.62. The summed E-state index contributed by atoms with van der Waals surface area (Å²) >= 11 is 0. The van der Waals surface area contributed by atoms with E-state index in [2.05, 4.69) is 5.10 Å². The van der Waals surface area contributed by atoms with Crippen LogP contribution in [0.4, 0.5) is 18.0 Å². The van der Waals surface area contributed by atoms with Crippen molar-refractivity contribution in [2.24, 2.45) is 13.0 Å². The maximum Gasteiger partial charge on any atom is 0.444 e. The summed E-state index contributed by atoms with van der Waals surface area (Å²) in [7, 11) is -3.17. The highest BCUT2D eigenvalue weighted by molar-refractivity contribution is 7.92. The minimum absolute atomic E-state index is 0.00249. The first kappa shape index (κ1) is 25.0. The lowest BCUT2D eigenvalue weighted by Crippen LogP contribution is -2.56. The van der Waals surface area contributed by atoms with Crippen LogP contribution in [0.3, 0.4) is 0 Å². The summed E-state index contributed by atoms with van der Waals surface area (Å²) in [5.41, 5.74) is -4.90. The number of halogens is 3. The van der Waals surface area contributed by atoms with E-state index in [4.69, 9.17) is 4.74 Å². The predicted octanol–water partition coefficient (Wildman–Crippen LogP) is 1.80. The van der Waals surface area contributed by atoms with Gasteiger partial charge in [-0.1, -0.05) is 18.3 Å². The molecular formula is C19H20F3N5O6S. The molecule has 3 rings (SSSR count). The number of fused-ring (bicyclic) bond motifs is 1. The topological polar surface area (TPSA) is 136 Å². The molecule has 11 nitrogen and oxygen atoms in total. The van der Waals surface area contributed by atoms with Crippen molar-refractivity contribution in [3.63, 3.8) is 0 Å². The number of rotatable bonds is 5. The lowest BCUT2D eigenvalue weighted by atomic mass is 10.0. The van der Waals surface area contributed by atoms with Crippen molar-refractivity contribution in [2.75, 3.05) is 17.3 Å². The first-order valence-corrected chi connectivity index (χ1v) is 11.5. The highest BCUT2D eigenvalue weighted by Gasteiger charge is 2.36. The monoisotopic (exact) mass is 503 g/mol. The third kappa shape index (κ3) is 4.69. The Bertz CT molecular complexity index is 1490. The summed E-state index contributed by atoms with van der Waals surface area (Å²) in [4.78, 5) is 40.3. The summed E-state index contributed by atoms with van der Waals surface area (Å²) in [6, 6.07) is 2.70. The van der Waals surface area contributed by atoms with Gasteiger partial charge in [0.1, 0.15) is 0 Å². The van der Waals surface area contributed by atoms with Crippen LogP contribution in [0.25, 0.3) is 22.2 Å². The van der Waals surface area contributed by atoms with Gasteiger partial charge in [-0.2, -0.15) is 18.3 Å². The molecule has 0 saturated heterocycles. The highest BCUT2D eigenvalue weighted by atomic mass is 32.2. The Morgan fingerprint density at radius 3 is 2.41 bits per heavy atom. The SMILES string of the molecule is CC(C)COC(=O)N(n1c(=O)[nH]c2cc(C(F)(F)F)c(-c3ccnn3C)cc2c1=O)S(C)(=O)=O. The number of hydrogen-bond donors (Lipinski definition) is 1. The predicted molar refractivity (Wildman–Crippen MR) is 115 cm³/mol. The molecule has 0 aliphatic rings. The Morgan fingerprint density at radius 1 is 1.26 bits per heavy atom. The number of nitrogens with one attached hydrogen (secondary N) is 1. The number of aryl methyl sites for hydroxylation is 1. The van der Waals surface area contributed by atoms with E-state index >= 15 is 0 Å². The van der Waals surface area contributed by atoms with E-state index in [0.29, 0.717) is 12.3 Å². The molecule has 0 aliphatic carbocycles. The molecule has 0 fully saturated rings. The number of benzene rings is 1. The summed E-state index contributed by atoms with van der Waals surface area (Å²) in [5, 5.41) is 3.35. The lowest BCUT2D eigenvalue weighted by Gasteiger charge is -2.21. The van der Waals surface area contributed by atoms with Crippen LogP contribution in [0, 0.1) is 5.92 Å². The Morgan fingerprint density at radius 2 is 1.91 bits per heavy atom. The standard InChI is InChI=1S/C19H20F3N5O6S/c1-10(2)9-33-18(30)27(34(4,31)32)26-16(28)12-7-11(15-5-6-23-25(15)3)13(19(20,21)22)8-14(12)24-17(26)29/h5-8,10H,9H2,1-4H3,(H,24,29). The van der Waals surface area contributed by atoms with Crippen molar-refractivity contribution in [3.05, 3.63) is 50.8 Å². The summed E-state index contributed by atoms with van der Waals surface area (Å²) in [5.74, 6) is -0.195. The number of carbonyl (C=O) groups excluding carboxylic acids is 1. The molecule has 3 aromatic rings. The normalized spacial score (nSPS) is 12.4. The van der Waals surface area contributed by atoms with Crippen LogP contribution in [0.2, 0.25) is 0 Å². The largest absolute Gasteiger partial charge is 0.447 e. The number of carbonyl (C=O) groups is 1. The molecule has 0 bridgehead atoms. The van der Waals surface area contributed by atoms with Gasteiger partial charge in [0, 0.05) is 18.8 Å². The molecule has 1 amide bonds. The smallest absolute Gasteiger partial charge is 0.444 e. The molecule has 1 N–H and O–H groups in total. The number of ether oxygens (including phenoxy) is 1. The molecule has 184 valence electrons. The van der Waals surface area contributed by atoms with Gasteiger partial charge >= 0.3 is 18.0 Å². The number of alkyl halides is 3. The summed E-state index contributed by atoms with van der Waals surface area (Å²) < 4.78 is 71.7. The zero-order chi connectivity index (χ0) is 25.6. The van der Waals surface area contributed by atoms with Crippen LogP contribution < -0.4 is 15.7 Å². The lowest BCUT2D eigenvalue weighted by molar-refractivity contribution is -0.137. The van der Waals surface area contributed by atoms with Gasteiger partial charge in [-0.25, -0.2) is 18.0 Å². The Kier molecular flexibility index (Phi) is 6.34. The number of aromatic amines is 1. The van der Waals surface area contributed by atoms with Gasteiger partial charge in [0.15, 0.2) is 0 Å². The van der Waals surface area contributed by atoms with Crippen molar-refractivity contribution in [2.45, 2.75) is 20.0 Å². The van der Waals surface area contributed by atoms with Gasteiger partial charge in [-0.05, 0) is 24.1 Å². The van der Waals surface area contributed by atoms with Crippen molar-refractivity contribution >= 4 is 27.0 Å². The fourth-order valence-electron chi connectivity index (χ4n) is 3.16. The zero-order valence-electron chi connectivity index (χ0n) is 18.4. The van der Waals surface area contributed by atoms with Crippen LogP contribution in [0.1, 0.15) is 19.4 Å². The van der Waals surface area contributed by atoms with Gasteiger partial charge in [0.2, 0.25) is 0 Å². The number of sulfonamides is 1. The van der Waals surface area contributed by atoms with E-state index in [9.17, 15) is 36.0 Å². The molecule has 34 heavy (non-hydrogen) atoms. The van der Waals surface area contributed by atoms with E-state index in [1.165, 1.54) is 19.3 Å². The van der Waals surface area contributed by atoms with Gasteiger partial charge in [0.25, 0.3) is 15.6 Å². The molecule has 0 radical (unpaired) electrons. The van der Waals surface area contributed by atoms with Crippen LogP contribution >= 0.6 is 0 Å². The number of amides is 1. The van der Waals surface area contributed by atoms with Gasteiger partial charge in [0.05, 0.1) is 35.0 Å². The first-order valence-electron chi connectivity index (χ1n) is 9.69. The van der Waals surface area contributed by atoms with Crippen LogP contribution in [-0.4, -0.2) is 46.8 Å². The third-order valence-corrected chi connectivity index (χ3v) is 5.55. The molecule has 0 unspecified atom stereocenters. The minimum atomic E-state index is -4.86. The van der Waals surface area contributed by atoms with E-state index in [-0.39, 0.29) is 27.3 Å². The van der Waals surface area contributed by atoms with Crippen molar-refractivity contribution in [1.29, 1.82) is 0 Å². The molecule has 2 heterocycles. The van der Waals surface area contributed by atoms with Crippen molar-refractivity contribution < 1.29 is 31.1 Å². The molecule has 0 saturated carbocycles. The molecule has 0 aliphatic heterocycles. The second kappa shape index (κ2) is 8.62. The second-order valence-electron chi connectivity index (χ2n) is 7.81. The maximum atomic E-state index is 13.8. The van der Waals surface area contributed by atoms with E-state index < -0.39 is 55.6 Å². The number of hydrogen-bond acceptors (Lipinski definition) is 7. The molecule has 0 spiro atoms. The van der Waals surface area contributed by atoms with Crippen LogP contribution in [0.15, 0.2) is 34.0 Å². The van der Waals surface area contributed by atoms with Crippen LogP contribution in [0.5, 0.6) is 0 Å². The Hall–Kier alpha value is -3.62. The quantitative estimate of drug-likeness (QED) is 0.561. The number of nitrogens with zero attached hydrogens (tertiary/aromatic N) is 4. The fraction of sp³-hybridized carbons (Fsp3) is 0.368. The average Bonchev–Trinajstić information content (AvgIpc) is 3.12. The van der Waals surface area contributed by atoms with Crippen LogP contribution in [-0.2, 0) is 28.0 Å². The van der Waals surface area contributed by atoms with Gasteiger partial charge in [-0.15, -0.1) is 4.68 Å². The van der Waals surface area contributed by atoms with Gasteiger partial charge in [-0.3, -0.25) is 9.48 Å². The summed E-state index contributed by atoms with van der Waals surface area (Å²) in [6.07, 6.45) is -4.57. The Labute approximate surface area is 190 Å². The zero-order valence-corrected chi connectivity index (χ0v) is 19.2. The fourth-order valence-corrected chi connectivity index (χ4v) is 3.93. The van der Waals surface area contributed by atoms with E-state index in [1.54, 1.807) is 13.8 Å². The third-order valence-electron chi connectivity index (χ3n) is 4.61. The summed E-state index contributed by atoms with van der Waals surface area (Å²) in [6.45, 7) is 3.13. The molecule has 2 aromatic heterocycles. The molecule has 15 heteroatoms. The number of aromatic nitrogens is 4. The highest BCUT2D eigenvalue weighted by Crippen LogP contribution is 2.38. The average molecular weight is 503 g/mol. The first-order chi connectivity index (χ1) is 15.6. The molecule has 0 atom stereocenters. The molecular weight excluding hydrogens is 483 g/mol. The van der Waals surface area contributed by atoms with Gasteiger partial charge < -0.3 is 9.72 Å². The van der Waals surface area contributed by atoms with Crippen molar-refractivity contribution in [1.82, 2.24) is 19.4 Å².